The van der Waals surface area contributed by atoms with E-state index in [0.29, 0.717) is 25.8 Å². The summed E-state index contributed by atoms with van der Waals surface area (Å²) in [6, 6.07) is 1.42. The number of ether oxygens (including phenoxy) is 1. The Balaban J connectivity index is 2.45. The van der Waals surface area contributed by atoms with Gasteiger partial charge in [0.05, 0.1) is 18.1 Å². The molecule has 0 radical (unpaired) electrons. The summed E-state index contributed by atoms with van der Waals surface area (Å²) in [7, 11) is 0. The largest absolute Gasteiger partial charge is 0.380 e. The summed E-state index contributed by atoms with van der Waals surface area (Å²) in [5.74, 6) is -1.99. The molecule has 0 heterocycles. The molecule has 1 aromatic carbocycles. The average molecular weight is 286 g/mol. The van der Waals surface area contributed by atoms with Gasteiger partial charge in [-0.3, -0.25) is 10.1 Å². The van der Waals surface area contributed by atoms with Gasteiger partial charge in [-0.15, -0.1) is 6.58 Å². The lowest BCUT2D eigenvalue weighted by molar-refractivity contribution is -0.387. The number of nitrogens with one attached hydrogen (secondary N) is 1. The summed E-state index contributed by atoms with van der Waals surface area (Å²) < 4.78 is 31.8. The van der Waals surface area contributed by atoms with E-state index >= 15 is 0 Å². The highest BCUT2D eigenvalue weighted by molar-refractivity contribution is 5.37. The minimum absolute atomic E-state index is 0.0455. The van der Waals surface area contributed by atoms with Crippen LogP contribution in [-0.2, 0) is 11.3 Å². The molecule has 0 atom stereocenters. The molecular weight excluding hydrogens is 270 g/mol. The van der Waals surface area contributed by atoms with Gasteiger partial charge in [-0.25, -0.2) is 4.39 Å². The molecule has 0 aromatic heterocycles. The third-order valence-electron chi connectivity index (χ3n) is 2.52. The molecule has 0 amide bonds. The van der Waals surface area contributed by atoms with E-state index in [2.05, 4.69) is 11.9 Å². The predicted molar refractivity (Wildman–Crippen MR) is 70.4 cm³/mol. The molecule has 20 heavy (non-hydrogen) atoms. The number of nitro benzene ring substituents is 1. The molecule has 0 aliphatic carbocycles. The average Bonchev–Trinajstić information content (AvgIpc) is 2.39. The van der Waals surface area contributed by atoms with Crippen LogP contribution in [0.1, 0.15) is 12.0 Å². The minimum Gasteiger partial charge on any atom is -0.380 e. The van der Waals surface area contributed by atoms with Gasteiger partial charge >= 0.3 is 5.69 Å². The Bertz CT molecular complexity index is 481. The standard InChI is InChI=1S/C13H16F2N2O3/c1-2-3-5-20-6-4-16-9-10-7-13(17(18)19)12(15)8-11(10)14/h2,7-8,16H,1,3-6,9H2. The van der Waals surface area contributed by atoms with Crippen molar-refractivity contribution in [3.8, 4) is 0 Å². The van der Waals surface area contributed by atoms with Gasteiger partial charge in [-0.1, -0.05) is 6.08 Å². The molecule has 1 aromatic rings. The van der Waals surface area contributed by atoms with Crippen molar-refractivity contribution in [2.75, 3.05) is 19.8 Å². The van der Waals surface area contributed by atoms with Gasteiger partial charge in [0.25, 0.3) is 0 Å². The van der Waals surface area contributed by atoms with Crippen molar-refractivity contribution in [3.63, 3.8) is 0 Å². The molecule has 0 saturated heterocycles. The van der Waals surface area contributed by atoms with Gasteiger partial charge in [0.1, 0.15) is 5.82 Å². The lowest BCUT2D eigenvalue weighted by atomic mass is 10.2. The van der Waals surface area contributed by atoms with E-state index in [1.165, 1.54) is 0 Å². The van der Waals surface area contributed by atoms with Crippen molar-refractivity contribution >= 4 is 5.69 Å². The summed E-state index contributed by atoms with van der Waals surface area (Å²) in [6.07, 6.45) is 2.49. The molecule has 0 saturated carbocycles. The van der Waals surface area contributed by atoms with E-state index in [0.717, 1.165) is 12.5 Å². The summed E-state index contributed by atoms with van der Waals surface area (Å²) in [5.41, 5.74) is -0.686. The van der Waals surface area contributed by atoms with E-state index < -0.39 is 22.2 Å². The van der Waals surface area contributed by atoms with Crippen molar-refractivity contribution < 1.29 is 18.4 Å². The zero-order chi connectivity index (χ0) is 15.0. The highest BCUT2D eigenvalue weighted by Gasteiger charge is 2.17. The van der Waals surface area contributed by atoms with Crippen LogP contribution in [0.5, 0.6) is 0 Å². The molecule has 7 heteroatoms. The molecule has 0 aliphatic heterocycles. The van der Waals surface area contributed by atoms with Crippen LogP contribution in [0.2, 0.25) is 0 Å². The number of nitro groups is 1. The lowest BCUT2D eigenvalue weighted by Crippen LogP contribution is -2.20. The summed E-state index contributed by atoms with van der Waals surface area (Å²) in [4.78, 5) is 9.68. The van der Waals surface area contributed by atoms with Crippen molar-refractivity contribution in [2.24, 2.45) is 0 Å². The van der Waals surface area contributed by atoms with Crippen LogP contribution in [0.25, 0.3) is 0 Å². The van der Waals surface area contributed by atoms with Gasteiger partial charge in [-0.2, -0.15) is 4.39 Å². The zero-order valence-corrected chi connectivity index (χ0v) is 10.9. The molecule has 0 unspecified atom stereocenters. The second-order valence-corrected chi connectivity index (χ2v) is 4.02. The maximum Gasteiger partial charge on any atom is 0.305 e. The fraction of sp³-hybridized carbons (Fsp3) is 0.385. The molecule has 0 fully saturated rings. The van der Waals surface area contributed by atoms with E-state index in [-0.39, 0.29) is 12.1 Å². The summed E-state index contributed by atoms with van der Waals surface area (Å²) >= 11 is 0. The third kappa shape index (κ3) is 5.02. The van der Waals surface area contributed by atoms with Crippen LogP contribution in [0, 0.1) is 21.7 Å². The normalized spacial score (nSPS) is 10.5. The highest BCUT2D eigenvalue weighted by atomic mass is 19.1. The van der Waals surface area contributed by atoms with E-state index in [1.807, 2.05) is 0 Å². The topological polar surface area (TPSA) is 64.4 Å². The maximum absolute atomic E-state index is 13.4. The van der Waals surface area contributed by atoms with Crippen LogP contribution >= 0.6 is 0 Å². The van der Waals surface area contributed by atoms with Crippen LogP contribution in [-0.4, -0.2) is 24.7 Å². The molecule has 0 bridgehead atoms. The molecule has 1 N–H and O–H groups in total. The van der Waals surface area contributed by atoms with Crippen LogP contribution < -0.4 is 5.32 Å². The number of hydrogen-bond donors (Lipinski definition) is 1. The van der Waals surface area contributed by atoms with Crippen LogP contribution in [0.15, 0.2) is 24.8 Å². The first-order valence-electron chi connectivity index (χ1n) is 6.08. The van der Waals surface area contributed by atoms with Gasteiger partial charge in [0.15, 0.2) is 0 Å². The summed E-state index contributed by atoms with van der Waals surface area (Å²) in [5, 5.41) is 13.4. The predicted octanol–water partition coefficient (Wildman–Crippen LogP) is 2.56. The Morgan fingerprint density at radius 1 is 1.35 bits per heavy atom. The Morgan fingerprint density at radius 2 is 2.10 bits per heavy atom. The lowest BCUT2D eigenvalue weighted by Gasteiger charge is -2.07. The number of hydrogen-bond acceptors (Lipinski definition) is 4. The fourth-order valence-electron chi connectivity index (χ4n) is 1.49. The number of halogens is 2. The summed E-state index contributed by atoms with van der Waals surface area (Å²) in [6.45, 7) is 5.06. The fourth-order valence-corrected chi connectivity index (χ4v) is 1.49. The van der Waals surface area contributed by atoms with Crippen LogP contribution in [0.3, 0.4) is 0 Å². The molecule has 1 rings (SSSR count). The molecule has 0 aliphatic rings. The van der Waals surface area contributed by atoms with Gasteiger partial charge < -0.3 is 10.1 Å². The molecule has 5 nitrogen and oxygen atoms in total. The van der Waals surface area contributed by atoms with E-state index in [1.54, 1.807) is 6.08 Å². The van der Waals surface area contributed by atoms with Gasteiger partial charge in [0, 0.05) is 30.8 Å². The number of nitrogens with zero attached hydrogens (tertiary/aromatic N) is 1. The minimum atomic E-state index is -1.18. The Kier molecular flexibility index (Phi) is 6.75. The molecular formula is C13H16F2N2O3. The first-order chi connectivity index (χ1) is 9.56. The Morgan fingerprint density at radius 3 is 2.75 bits per heavy atom. The second-order valence-electron chi connectivity index (χ2n) is 4.02. The number of rotatable bonds is 9. The van der Waals surface area contributed by atoms with Crippen molar-refractivity contribution in [2.45, 2.75) is 13.0 Å². The maximum atomic E-state index is 13.4. The first-order valence-corrected chi connectivity index (χ1v) is 6.08. The quantitative estimate of drug-likeness (QED) is 0.328. The smallest absolute Gasteiger partial charge is 0.305 e. The van der Waals surface area contributed by atoms with Crippen molar-refractivity contribution in [1.82, 2.24) is 5.32 Å². The van der Waals surface area contributed by atoms with Crippen molar-refractivity contribution in [1.29, 1.82) is 0 Å². The van der Waals surface area contributed by atoms with E-state index in [4.69, 9.17) is 4.74 Å². The zero-order valence-electron chi connectivity index (χ0n) is 10.9. The third-order valence-corrected chi connectivity index (χ3v) is 2.52. The SMILES string of the molecule is C=CCCOCCNCc1cc([N+](=O)[O-])c(F)cc1F. The highest BCUT2D eigenvalue weighted by Crippen LogP contribution is 2.21. The molecule has 0 spiro atoms. The molecule has 110 valence electrons. The monoisotopic (exact) mass is 286 g/mol. The first kappa shape index (κ1) is 16.2. The number of benzene rings is 1. The Hall–Kier alpha value is -1.86. The second kappa shape index (κ2) is 8.34. The Labute approximate surface area is 115 Å². The van der Waals surface area contributed by atoms with Crippen molar-refractivity contribution in [3.05, 3.63) is 52.1 Å². The van der Waals surface area contributed by atoms with Gasteiger partial charge in [-0.05, 0) is 6.42 Å². The van der Waals surface area contributed by atoms with Crippen LogP contribution in [0.4, 0.5) is 14.5 Å². The van der Waals surface area contributed by atoms with E-state index in [9.17, 15) is 18.9 Å². The van der Waals surface area contributed by atoms with Gasteiger partial charge in [0.2, 0.25) is 5.82 Å².